The molecule has 0 amide bonds. The summed E-state index contributed by atoms with van der Waals surface area (Å²) in [5.41, 5.74) is 1.86. The van der Waals surface area contributed by atoms with Crippen LogP contribution in [-0.4, -0.2) is 31.1 Å². The van der Waals surface area contributed by atoms with Gasteiger partial charge < -0.3 is 13.9 Å². The molecule has 0 aliphatic heterocycles. The summed E-state index contributed by atoms with van der Waals surface area (Å²) in [6, 6.07) is 17.8. The van der Waals surface area contributed by atoms with Gasteiger partial charge in [-0.05, 0) is 53.9 Å². The molecule has 6 heteroatoms. The lowest BCUT2D eigenvalue weighted by Gasteiger charge is -2.20. The van der Waals surface area contributed by atoms with Crippen LogP contribution in [0.3, 0.4) is 0 Å². The van der Waals surface area contributed by atoms with Crippen molar-refractivity contribution in [2.75, 3.05) is 20.2 Å². The van der Waals surface area contributed by atoms with E-state index in [0.717, 1.165) is 29.1 Å². The molecule has 0 unspecified atom stereocenters. The van der Waals surface area contributed by atoms with Gasteiger partial charge in [-0.2, -0.15) is 0 Å². The van der Waals surface area contributed by atoms with Crippen molar-refractivity contribution in [3.8, 4) is 5.75 Å². The molecule has 29 heavy (non-hydrogen) atoms. The van der Waals surface area contributed by atoms with Gasteiger partial charge in [0, 0.05) is 6.54 Å². The Kier molecular flexibility index (Phi) is 7.41. The molecule has 0 saturated heterocycles. The van der Waals surface area contributed by atoms with E-state index in [-0.39, 0.29) is 18.3 Å². The van der Waals surface area contributed by atoms with E-state index in [1.54, 1.807) is 12.3 Å². The summed E-state index contributed by atoms with van der Waals surface area (Å²) in [6.45, 7) is 1.67. The second-order valence-corrected chi connectivity index (χ2v) is 6.68. The number of carbonyl (C=O) groups is 1. The average molecular weight is 397 g/mol. The second-order valence-electron chi connectivity index (χ2n) is 6.68. The quantitative estimate of drug-likeness (QED) is 0.480. The minimum atomic E-state index is -0.288. The van der Waals surface area contributed by atoms with Crippen LogP contribution in [0.1, 0.15) is 16.9 Å². The van der Waals surface area contributed by atoms with E-state index in [0.29, 0.717) is 19.7 Å². The number of esters is 1. The van der Waals surface area contributed by atoms with Gasteiger partial charge in [0.1, 0.15) is 23.9 Å². The van der Waals surface area contributed by atoms with Crippen LogP contribution >= 0.6 is 0 Å². The minimum absolute atomic E-state index is 0.187. The molecule has 0 N–H and O–H groups in total. The first-order valence-corrected chi connectivity index (χ1v) is 9.40. The fourth-order valence-electron chi connectivity index (χ4n) is 2.96. The number of methoxy groups -OCH3 is 1. The number of hydrogen-bond donors (Lipinski definition) is 0. The molecule has 0 bridgehead atoms. The Bertz CT molecular complexity index is 911. The lowest BCUT2D eigenvalue weighted by atomic mass is 10.1. The summed E-state index contributed by atoms with van der Waals surface area (Å²) in [4.78, 5) is 13.7. The van der Waals surface area contributed by atoms with Gasteiger partial charge in [-0.3, -0.25) is 9.69 Å². The van der Waals surface area contributed by atoms with Gasteiger partial charge in [-0.15, -0.1) is 0 Å². The molecular weight excluding hydrogens is 373 g/mol. The highest BCUT2D eigenvalue weighted by atomic mass is 19.1. The molecule has 3 aromatic rings. The van der Waals surface area contributed by atoms with E-state index in [1.807, 2.05) is 47.4 Å². The van der Waals surface area contributed by atoms with Crippen LogP contribution in [0.15, 0.2) is 71.3 Å². The second kappa shape index (κ2) is 10.4. The summed E-state index contributed by atoms with van der Waals surface area (Å²) >= 11 is 0. The molecule has 0 aliphatic rings. The molecule has 0 fully saturated rings. The van der Waals surface area contributed by atoms with E-state index in [1.165, 1.54) is 19.2 Å². The molecule has 2 aromatic carbocycles. The third-order valence-corrected chi connectivity index (χ3v) is 4.45. The first kappa shape index (κ1) is 20.6. The number of nitrogens with zero attached hydrogens (tertiary/aromatic N) is 1. The van der Waals surface area contributed by atoms with Gasteiger partial charge in [0.25, 0.3) is 0 Å². The Morgan fingerprint density at radius 1 is 1.07 bits per heavy atom. The maximum absolute atomic E-state index is 13.3. The van der Waals surface area contributed by atoms with Crippen LogP contribution in [0, 0.1) is 5.82 Å². The van der Waals surface area contributed by atoms with Gasteiger partial charge >= 0.3 is 5.97 Å². The van der Waals surface area contributed by atoms with E-state index >= 15 is 0 Å². The van der Waals surface area contributed by atoms with Crippen LogP contribution in [0.5, 0.6) is 5.75 Å². The number of benzene rings is 2. The average Bonchev–Trinajstić information content (AvgIpc) is 3.24. The fourth-order valence-corrected chi connectivity index (χ4v) is 2.96. The minimum Gasteiger partial charge on any atom is -0.489 e. The third-order valence-electron chi connectivity index (χ3n) is 4.45. The smallest absolute Gasteiger partial charge is 0.319 e. The standard InChI is InChI=1S/C23H24FNO4/c1-27-23(26)16-25(15-22-9-4-12-28-22)11-10-18-5-3-8-21(14-18)29-17-19-6-2-7-20(24)13-19/h2-9,12-14H,10-11,15-17H2,1H3. The lowest BCUT2D eigenvalue weighted by molar-refractivity contribution is -0.142. The van der Waals surface area contributed by atoms with Crippen molar-refractivity contribution in [1.82, 2.24) is 4.90 Å². The summed E-state index contributed by atoms with van der Waals surface area (Å²) in [6.07, 6.45) is 2.35. The molecule has 0 spiro atoms. The monoisotopic (exact) mass is 397 g/mol. The van der Waals surface area contributed by atoms with Crippen LogP contribution in [0.25, 0.3) is 0 Å². The Morgan fingerprint density at radius 3 is 2.66 bits per heavy atom. The van der Waals surface area contributed by atoms with E-state index in [4.69, 9.17) is 13.9 Å². The molecule has 0 aliphatic carbocycles. The van der Waals surface area contributed by atoms with Gasteiger partial charge in [0.2, 0.25) is 0 Å². The largest absolute Gasteiger partial charge is 0.489 e. The summed E-state index contributed by atoms with van der Waals surface area (Å²) in [5.74, 6) is 0.948. The zero-order valence-corrected chi connectivity index (χ0v) is 16.3. The van der Waals surface area contributed by atoms with E-state index in [2.05, 4.69) is 0 Å². The molecule has 0 atom stereocenters. The zero-order valence-electron chi connectivity index (χ0n) is 16.3. The SMILES string of the molecule is COC(=O)CN(CCc1cccc(OCc2cccc(F)c2)c1)Cc1ccco1. The Morgan fingerprint density at radius 2 is 1.90 bits per heavy atom. The van der Waals surface area contributed by atoms with Crippen molar-refractivity contribution >= 4 is 5.97 Å². The Balaban J connectivity index is 1.57. The Hall–Kier alpha value is -3.12. The van der Waals surface area contributed by atoms with Crippen molar-refractivity contribution in [3.05, 3.63) is 89.6 Å². The van der Waals surface area contributed by atoms with Crippen LogP contribution in [-0.2, 0) is 29.1 Å². The first-order valence-electron chi connectivity index (χ1n) is 9.40. The number of halogens is 1. The van der Waals surface area contributed by atoms with Crippen LogP contribution < -0.4 is 4.74 Å². The summed E-state index contributed by atoms with van der Waals surface area (Å²) in [5, 5.41) is 0. The number of ether oxygens (including phenoxy) is 2. The predicted octanol–water partition coefficient (Wildman–Crippen LogP) is 4.22. The highest BCUT2D eigenvalue weighted by molar-refractivity contribution is 5.71. The lowest BCUT2D eigenvalue weighted by Crippen LogP contribution is -2.31. The van der Waals surface area contributed by atoms with Gasteiger partial charge in [0.15, 0.2) is 0 Å². The van der Waals surface area contributed by atoms with Crippen molar-refractivity contribution in [2.24, 2.45) is 0 Å². The maximum atomic E-state index is 13.3. The molecule has 1 aromatic heterocycles. The topological polar surface area (TPSA) is 51.9 Å². The first-order chi connectivity index (χ1) is 14.1. The van der Waals surface area contributed by atoms with Crippen molar-refractivity contribution in [3.63, 3.8) is 0 Å². The molecule has 0 radical (unpaired) electrons. The summed E-state index contributed by atoms with van der Waals surface area (Å²) in [7, 11) is 1.38. The van der Waals surface area contributed by atoms with Gasteiger partial charge in [0.05, 0.1) is 26.5 Å². The van der Waals surface area contributed by atoms with Crippen LogP contribution in [0.4, 0.5) is 4.39 Å². The highest BCUT2D eigenvalue weighted by Crippen LogP contribution is 2.17. The van der Waals surface area contributed by atoms with Gasteiger partial charge in [-0.25, -0.2) is 4.39 Å². The van der Waals surface area contributed by atoms with Gasteiger partial charge in [-0.1, -0.05) is 24.3 Å². The van der Waals surface area contributed by atoms with E-state index < -0.39 is 0 Å². The molecular formula is C23H24FNO4. The molecule has 3 rings (SSSR count). The number of rotatable bonds is 10. The maximum Gasteiger partial charge on any atom is 0.319 e. The van der Waals surface area contributed by atoms with Crippen molar-refractivity contribution in [2.45, 2.75) is 19.6 Å². The molecule has 0 saturated carbocycles. The number of hydrogen-bond acceptors (Lipinski definition) is 5. The predicted molar refractivity (Wildman–Crippen MR) is 107 cm³/mol. The highest BCUT2D eigenvalue weighted by Gasteiger charge is 2.13. The normalized spacial score (nSPS) is 10.9. The van der Waals surface area contributed by atoms with E-state index in [9.17, 15) is 9.18 Å². The third kappa shape index (κ3) is 6.76. The molecule has 1 heterocycles. The van der Waals surface area contributed by atoms with Crippen molar-refractivity contribution in [1.29, 1.82) is 0 Å². The van der Waals surface area contributed by atoms with Crippen molar-refractivity contribution < 1.29 is 23.1 Å². The Labute approximate surface area is 169 Å². The molecule has 152 valence electrons. The number of furan rings is 1. The van der Waals surface area contributed by atoms with Crippen LogP contribution in [0.2, 0.25) is 0 Å². The summed E-state index contributed by atoms with van der Waals surface area (Å²) < 4.78 is 29.3. The fraction of sp³-hybridized carbons (Fsp3) is 0.261. The molecule has 5 nitrogen and oxygen atoms in total. The number of carbonyl (C=O) groups excluding carboxylic acids is 1. The zero-order chi connectivity index (χ0) is 20.5.